The van der Waals surface area contributed by atoms with Crippen LogP contribution in [0, 0.1) is 5.92 Å². The van der Waals surface area contributed by atoms with E-state index in [0.717, 1.165) is 49.3 Å². The van der Waals surface area contributed by atoms with E-state index in [2.05, 4.69) is 57.1 Å². The Morgan fingerprint density at radius 1 is 1.23 bits per heavy atom. The molecule has 1 saturated heterocycles. The molecule has 0 amide bonds. The SMILES string of the molecule is CCNC(=NCc1ccc(N2CCC(CO)CC2)cc1)NCc1csc(N(C)C)n1.I. The normalized spacial score (nSPS) is 14.8. The third kappa shape index (κ3) is 7.80. The molecule has 0 bridgehead atoms. The van der Waals surface area contributed by atoms with E-state index in [1.165, 1.54) is 11.3 Å². The van der Waals surface area contributed by atoms with Gasteiger partial charge < -0.3 is 25.5 Å². The smallest absolute Gasteiger partial charge is 0.191 e. The highest BCUT2D eigenvalue weighted by atomic mass is 127. The van der Waals surface area contributed by atoms with E-state index >= 15 is 0 Å². The minimum atomic E-state index is 0. The predicted molar refractivity (Wildman–Crippen MR) is 142 cm³/mol. The molecule has 7 nitrogen and oxygen atoms in total. The van der Waals surface area contributed by atoms with E-state index in [1.54, 1.807) is 11.3 Å². The molecule has 3 rings (SSSR count). The van der Waals surface area contributed by atoms with Crippen molar-refractivity contribution in [1.29, 1.82) is 0 Å². The number of guanidine groups is 1. The quantitative estimate of drug-likeness (QED) is 0.263. The number of thiazole rings is 1. The molecule has 0 atom stereocenters. The molecule has 0 saturated carbocycles. The molecule has 0 radical (unpaired) electrons. The summed E-state index contributed by atoms with van der Waals surface area (Å²) in [7, 11) is 4.01. The summed E-state index contributed by atoms with van der Waals surface area (Å²) in [5.74, 6) is 1.26. The average Bonchev–Trinajstić information content (AvgIpc) is 3.26. The van der Waals surface area contributed by atoms with Gasteiger partial charge in [0, 0.05) is 51.4 Å². The second kappa shape index (κ2) is 13.1. The second-order valence-electron chi connectivity index (χ2n) is 7.84. The Kier molecular flexibility index (Phi) is 10.8. The van der Waals surface area contributed by atoms with Gasteiger partial charge in [0.2, 0.25) is 0 Å². The van der Waals surface area contributed by atoms with E-state index < -0.39 is 0 Å². The number of rotatable bonds is 8. The molecule has 31 heavy (non-hydrogen) atoms. The number of anilines is 2. The van der Waals surface area contributed by atoms with Crippen LogP contribution in [0.1, 0.15) is 31.0 Å². The molecule has 1 aromatic carbocycles. The zero-order chi connectivity index (χ0) is 21.3. The van der Waals surface area contributed by atoms with Crippen LogP contribution in [0.3, 0.4) is 0 Å². The van der Waals surface area contributed by atoms with Crippen molar-refractivity contribution in [1.82, 2.24) is 15.6 Å². The summed E-state index contributed by atoms with van der Waals surface area (Å²) in [5.41, 5.74) is 3.46. The number of hydrogen-bond donors (Lipinski definition) is 3. The van der Waals surface area contributed by atoms with E-state index in [9.17, 15) is 5.11 Å². The van der Waals surface area contributed by atoms with E-state index in [-0.39, 0.29) is 24.0 Å². The molecule has 0 unspecified atom stereocenters. The lowest BCUT2D eigenvalue weighted by Crippen LogP contribution is -2.36. The predicted octanol–water partition coefficient (Wildman–Crippen LogP) is 3.29. The van der Waals surface area contributed by atoms with Crippen molar-refractivity contribution in [3.05, 3.63) is 40.9 Å². The fourth-order valence-corrected chi connectivity index (χ4v) is 4.21. The van der Waals surface area contributed by atoms with Gasteiger partial charge >= 0.3 is 0 Å². The van der Waals surface area contributed by atoms with Gasteiger partial charge in [0.05, 0.1) is 18.8 Å². The highest BCUT2D eigenvalue weighted by Gasteiger charge is 2.18. The number of nitrogens with one attached hydrogen (secondary N) is 2. The molecule has 3 N–H and O–H groups in total. The first-order valence-corrected chi connectivity index (χ1v) is 11.6. The van der Waals surface area contributed by atoms with Crippen LogP contribution in [0.5, 0.6) is 0 Å². The maximum absolute atomic E-state index is 9.31. The topological polar surface area (TPSA) is 76.0 Å². The number of halogens is 1. The van der Waals surface area contributed by atoms with E-state index in [1.807, 2.05) is 19.0 Å². The molecule has 2 heterocycles. The molecule has 9 heteroatoms. The first kappa shape index (κ1) is 25.7. The monoisotopic (exact) mass is 558 g/mol. The minimum Gasteiger partial charge on any atom is -0.396 e. The van der Waals surface area contributed by atoms with E-state index in [4.69, 9.17) is 4.99 Å². The van der Waals surface area contributed by atoms with Gasteiger partial charge in [-0.3, -0.25) is 0 Å². The van der Waals surface area contributed by atoms with Crippen LogP contribution in [0.2, 0.25) is 0 Å². The fraction of sp³-hybridized carbons (Fsp3) is 0.545. The lowest BCUT2D eigenvalue weighted by molar-refractivity contribution is 0.203. The summed E-state index contributed by atoms with van der Waals surface area (Å²) in [4.78, 5) is 13.8. The maximum atomic E-state index is 9.31. The van der Waals surface area contributed by atoms with Crippen LogP contribution in [-0.4, -0.2) is 56.4 Å². The summed E-state index contributed by atoms with van der Waals surface area (Å²) in [6.45, 7) is 6.51. The fourth-order valence-electron chi connectivity index (χ4n) is 3.46. The van der Waals surface area contributed by atoms with Crippen LogP contribution in [-0.2, 0) is 13.1 Å². The number of hydrogen-bond acceptors (Lipinski definition) is 6. The Hall–Kier alpha value is -1.59. The number of aliphatic hydroxyl groups is 1. The van der Waals surface area contributed by atoms with Gasteiger partial charge in [-0.25, -0.2) is 9.98 Å². The Morgan fingerprint density at radius 3 is 2.52 bits per heavy atom. The standard InChI is InChI=1S/C22H34N6OS.HI/c1-4-23-21(25-14-19-16-30-22(26-19)27(2)3)24-13-17-5-7-20(8-6-17)28-11-9-18(15-29)10-12-28;/h5-8,16,18,29H,4,9-15H2,1-3H3,(H2,23,24,25);1H. The molecule has 0 spiro atoms. The van der Waals surface area contributed by atoms with E-state index in [0.29, 0.717) is 25.6 Å². The summed E-state index contributed by atoms with van der Waals surface area (Å²) in [5, 5.41) is 19.1. The van der Waals surface area contributed by atoms with Gasteiger partial charge in [-0.1, -0.05) is 12.1 Å². The first-order chi connectivity index (χ1) is 14.6. The number of aliphatic imine (C=N–C) groups is 1. The lowest BCUT2D eigenvalue weighted by Gasteiger charge is -2.32. The summed E-state index contributed by atoms with van der Waals surface area (Å²) < 4.78 is 0. The van der Waals surface area contributed by atoms with Crippen molar-refractivity contribution < 1.29 is 5.11 Å². The Morgan fingerprint density at radius 2 is 1.94 bits per heavy atom. The third-order valence-electron chi connectivity index (χ3n) is 5.30. The van der Waals surface area contributed by atoms with Crippen LogP contribution >= 0.6 is 35.3 Å². The summed E-state index contributed by atoms with van der Waals surface area (Å²) >= 11 is 1.65. The molecular weight excluding hydrogens is 523 g/mol. The van der Waals surface area contributed by atoms with Crippen molar-refractivity contribution in [2.24, 2.45) is 10.9 Å². The van der Waals surface area contributed by atoms with Crippen LogP contribution < -0.4 is 20.4 Å². The highest BCUT2D eigenvalue weighted by Crippen LogP contribution is 2.23. The van der Waals surface area contributed by atoms with Crippen molar-refractivity contribution in [2.45, 2.75) is 32.9 Å². The van der Waals surface area contributed by atoms with Crippen molar-refractivity contribution in [3.8, 4) is 0 Å². The van der Waals surface area contributed by atoms with Gasteiger partial charge in [-0.2, -0.15) is 0 Å². The number of aromatic nitrogens is 1. The molecule has 1 fully saturated rings. The largest absolute Gasteiger partial charge is 0.396 e. The number of aliphatic hydroxyl groups excluding tert-OH is 1. The van der Waals surface area contributed by atoms with Crippen LogP contribution in [0.4, 0.5) is 10.8 Å². The third-order valence-corrected chi connectivity index (χ3v) is 6.35. The van der Waals surface area contributed by atoms with Gasteiger partial charge in [-0.15, -0.1) is 35.3 Å². The Bertz CT molecular complexity index is 803. The minimum absolute atomic E-state index is 0. The Balaban J connectivity index is 0.00000341. The first-order valence-electron chi connectivity index (χ1n) is 10.7. The summed E-state index contributed by atoms with van der Waals surface area (Å²) in [6, 6.07) is 8.68. The molecule has 1 aliphatic heterocycles. The molecule has 2 aromatic rings. The lowest BCUT2D eigenvalue weighted by atomic mass is 9.97. The van der Waals surface area contributed by atoms with Crippen molar-refractivity contribution in [3.63, 3.8) is 0 Å². The summed E-state index contributed by atoms with van der Waals surface area (Å²) in [6.07, 6.45) is 2.13. The number of piperidine rings is 1. The highest BCUT2D eigenvalue weighted by molar-refractivity contribution is 14.0. The molecule has 172 valence electrons. The molecular formula is C22H35IN6OS. The number of nitrogens with zero attached hydrogens (tertiary/aromatic N) is 4. The molecule has 0 aliphatic carbocycles. The van der Waals surface area contributed by atoms with Crippen LogP contribution in [0.25, 0.3) is 0 Å². The number of benzene rings is 1. The Labute approximate surface area is 207 Å². The van der Waals surface area contributed by atoms with Crippen molar-refractivity contribution >= 4 is 52.1 Å². The van der Waals surface area contributed by atoms with Gasteiger partial charge in [-0.05, 0) is 43.4 Å². The van der Waals surface area contributed by atoms with Crippen molar-refractivity contribution in [2.75, 3.05) is 50.1 Å². The molecule has 1 aliphatic rings. The average molecular weight is 559 g/mol. The van der Waals surface area contributed by atoms with Gasteiger partial charge in [0.25, 0.3) is 0 Å². The zero-order valence-corrected chi connectivity index (χ0v) is 21.8. The second-order valence-corrected chi connectivity index (χ2v) is 8.68. The zero-order valence-electron chi connectivity index (χ0n) is 18.7. The van der Waals surface area contributed by atoms with Gasteiger partial charge in [0.1, 0.15) is 0 Å². The van der Waals surface area contributed by atoms with Gasteiger partial charge in [0.15, 0.2) is 11.1 Å². The maximum Gasteiger partial charge on any atom is 0.191 e. The molecule has 1 aromatic heterocycles. The van der Waals surface area contributed by atoms with Crippen LogP contribution in [0.15, 0.2) is 34.6 Å².